The van der Waals surface area contributed by atoms with Gasteiger partial charge in [-0.1, -0.05) is 6.92 Å². The summed E-state index contributed by atoms with van der Waals surface area (Å²) in [6.07, 6.45) is 2.83. The highest BCUT2D eigenvalue weighted by Gasteiger charge is 2.38. The molecule has 0 bridgehead atoms. The Balaban J connectivity index is 2.08. The van der Waals surface area contributed by atoms with Gasteiger partial charge < -0.3 is 15.5 Å². The third-order valence-electron chi connectivity index (χ3n) is 4.17. The summed E-state index contributed by atoms with van der Waals surface area (Å²) in [6, 6.07) is -0.260. The Morgan fingerprint density at radius 3 is 2.67 bits per heavy atom. The second-order valence-corrected chi connectivity index (χ2v) is 5.40. The van der Waals surface area contributed by atoms with Crippen LogP contribution in [0.15, 0.2) is 0 Å². The minimum atomic E-state index is -0.260. The monoisotopic (exact) mass is 253 g/mol. The van der Waals surface area contributed by atoms with Crippen LogP contribution in [0.1, 0.15) is 26.2 Å². The Morgan fingerprint density at radius 2 is 2.06 bits per heavy atom. The molecular weight excluding hydrogens is 230 g/mol. The van der Waals surface area contributed by atoms with Crippen molar-refractivity contribution in [3.05, 3.63) is 0 Å². The number of hydrogen-bond acceptors (Lipinski definition) is 3. The van der Waals surface area contributed by atoms with Crippen molar-refractivity contribution in [1.29, 1.82) is 0 Å². The van der Waals surface area contributed by atoms with Gasteiger partial charge >= 0.3 is 0 Å². The van der Waals surface area contributed by atoms with E-state index in [4.69, 9.17) is 0 Å². The lowest BCUT2D eigenvalue weighted by molar-refractivity contribution is -0.145. The van der Waals surface area contributed by atoms with E-state index in [0.29, 0.717) is 5.92 Å². The highest BCUT2D eigenvalue weighted by molar-refractivity contribution is 5.89. The maximum absolute atomic E-state index is 12.5. The largest absolute Gasteiger partial charge is 0.357 e. The predicted octanol–water partition coefficient (Wildman–Crippen LogP) is -0.0310. The van der Waals surface area contributed by atoms with E-state index in [1.807, 2.05) is 0 Å². The van der Waals surface area contributed by atoms with E-state index in [1.54, 1.807) is 11.9 Å². The van der Waals surface area contributed by atoms with Crippen molar-refractivity contribution in [2.24, 2.45) is 11.8 Å². The number of hydrogen-bond donors (Lipinski definition) is 2. The first-order valence-electron chi connectivity index (χ1n) is 6.88. The molecule has 0 aliphatic carbocycles. The average molecular weight is 253 g/mol. The summed E-state index contributed by atoms with van der Waals surface area (Å²) in [5, 5.41) is 5.92. The predicted molar refractivity (Wildman–Crippen MR) is 68.9 cm³/mol. The molecule has 2 fully saturated rings. The van der Waals surface area contributed by atoms with Crippen LogP contribution < -0.4 is 10.6 Å². The number of likely N-dealkylation sites (N-methyl/N-ethyl adjacent to an activating group) is 1. The summed E-state index contributed by atoms with van der Waals surface area (Å²) in [4.78, 5) is 26.2. The maximum Gasteiger partial charge on any atom is 0.242 e. The van der Waals surface area contributed by atoms with Crippen LogP contribution in [0.5, 0.6) is 0 Å². The van der Waals surface area contributed by atoms with E-state index in [0.717, 1.165) is 38.9 Å². The van der Waals surface area contributed by atoms with E-state index in [1.165, 1.54) is 0 Å². The Hall–Kier alpha value is -1.10. The Bertz CT molecular complexity index is 332. The van der Waals surface area contributed by atoms with E-state index < -0.39 is 0 Å². The molecule has 18 heavy (non-hydrogen) atoms. The van der Waals surface area contributed by atoms with Gasteiger partial charge in [0.2, 0.25) is 11.8 Å². The maximum atomic E-state index is 12.5. The number of carbonyl (C=O) groups excluding carboxylic acids is 2. The fourth-order valence-electron chi connectivity index (χ4n) is 2.99. The van der Waals surface area contributed by atoms with Gasteiger partial charge in [0, 0.05) is 20.1 Å². The number of carbonyl (C=O) groups is 2. The van der Waals surface area contributed by atoms with Gasteiger partial charge in [-0.15, -0.1) is 0 Å². The highest BCUT2D eigenvalue weighted by atomic mass is 16.2. The second kappa shape index (κ2) is 5.69. The Labute approximate surface area is 108 Å². The molecule has 3 atom stereocenters. The number of piperidine rings is 1. The van der Waals surface area contributed by atoms with Crippen molar-refractivity contribution >= 4 is 11.8 Å². The van der Waals surface area contributed by atoms with Gasteiger partial charge in [-0.2, -0.15) is 0 Å². The first-order valence-corrected chi connectivity index (χ1v) is 6.88. The van der Waals surface area contributed by atoms with E-state index in [-0.39, 0.29) is 23.8 Å². The molecule has 0 aromatic heterocycles. The fraction of sp³-hybridized carbons (Fsp3) is 0.846. The van der Waals surface area contributed by atoms with Gasteiger partial charge in [0.25, 0.3) is 0 Å². The van der Waals surface area contributed by atoms with Crippen LogP contribution in [0.25, 0.3) is 0 Å². The molecule has 0 spiro atoms. The molecule has 5 nitrogen and oxygen atoms in total. The zero-order valence-electron chi connectivity index (χ0n) is 11.2. The van der Waals surface area contributed by atoms with Crippen LogP contribution in [-0.4, -0.2) is 49.4 Å². The second-order valence-electron chi connectivity index (χ2n) is 5.40. The van der Waals surface area contributed by atoms with Crippen molar-refractivity contribution in [2.75, 3.05) is 26.7 Å². The molecule has 0 saturated carbocycles. The third-order valence-corrected chi connectivity index (χ3v) is 4.17. The van der Waals surface area contributed by atoms with Crippen LogP contribution in [-0.2, 0) is 9.59 Å². The van der Waals surface area contributed by atoms with Crippen LogP contribution in [0, 0.1) is 11.8 Å². The van der Waals surface area contributed by atoms with E-state index in [2.05, 4.69) is 17.6 Å². The van der Waals surface area contributed by atoms with Crippen molar-refractivity contribution in [3.63, 3.8) is 0 Å². The molecule has 0 aromatic rings. The molecule has 2 aliphatic rings. The van der Waals surface area contributed by atoms with Gasteiger partial charge in [0.1, 0.15) is 6.04 Å². The molecule has 3 unspecified atom stereocenters. The molecule has 2 rings (SSSR count). The molecule has 2 saturated heterocycles. The first kappa shape index (κ1) is 13.3. The van der Waals surface area contributed by atoms with Gasteiger partial charge in [0.15, 0.2) is 0 Å². The zero-order valence-corrected chi connectivity index (χ0v) is 11.2. The molecule has 0 aromatic carbocycles. The van der Waals surface area contributed by atoms with Gasteiger partial charge in [-0.3, -0.25) is 9.59 Å². The number of nitrogens with one attached hydrogen (secondary N) is 2. The summed E-state index contributed by atoms with van der Waals surface area (Å²) in [7, 11) is 1.64. The molecule has 102 valence electrons. The van der Waals surface area contributed by atoms with E-state index >= 15 is 0 Å². The quantitative estimate of drug-likeness (QED) is 0.726. The first-order chi connectivity index (χ1) is 8.65. The van der Waals surface area contributed by atoms with Crippen LogP contribution in [0.2, 0.25) is 0 Å². The third kappa shape index (κ3) is 2.51. The molecule has 2 heterocycles. The standard InChI is InChI=1S/C13H23N3O2/c1-9-7-15-8-10(9)13(18)16-6-4-3-5-11(16)12(17)14-2/h9-11,15H,3-8H2,1-2H3,(H,14,17). The summed E-state index contributed by atoms with van der Waals surface area (Å²) >= 11 is 0. The minimum absolute atomic E-state index is 0.0262. The summed E-state index contributed by atoms with van der Waals surface area (Å²) in [6.45, 7) is 4.47. The number of amides is 2. The molecular formula is C13H23N3O2. The van der Waals surface area contributed by atoms with Crippen molar-refractivity contribution in [2.45, 2.75) is 32.2 Å². The minimum Gasteiger partial charge on any atom is -0.357 e. The molecule has 2 N–H and O–H groups in total. The molecule has 5 heteroatoms. The van der Waals surface area contributed by atoms with Crippen LogP contribution in [0.4, 0.5) is 0 Å². The number of rotatable bonds is 2. The zero-order chi connectivity index (χ0) is 13.1. The van der Waals surface area contributed by atoms with E-state index in [9.17, 15) is 9.59 Å². The summed E-state index contributed by atoms with van der Waals surface area (Å²) in [5.41, 5.74) is 0. The molecule has 2 aliphatic heterocycles. The number of nitrogens with zero attached hydrogens (tertiary/aromatic N) is 1. The lowest BCUT2D eigenvalue weighted by atomic mass is 9.93. The Morgan fingerprint density at radius 1 is 1.28 bits per heavy atom. The lowest BCUT2D eigenvalue weighted by Gasteiger charge is -2.36. The van der Waals surface area contributed by atoms with Crippen molar-refractivity contribution in [1.82, 2.24) is 15.5 Å². The smallest absolute Gasteiger partial charge is 0.242 e. The van der Waals surface area contributed by atoms with Crippen LogP contribution >= 0.6 is 0 Å². The normalized spacial score (nSPS) is 32.3. The summed E-state index contributed by atoms with van der Waals surface area (Å²) in [5.74, 6) is 0.530. The fourth-order valence-corrected chi connectivity index (χ4v) is 2.99. The molecule has 0 radical (unpaired) electrons. The van der Waals surface area contributed by atoms with Crippen LogP contribution in [0.3, 0.4) is 0 Å². The Kier molecular flexibility index (Phi) is 4.22. The van der Waals surface area contributed by atoms with Crippen molar-refractivity contribution < 1.29 is 9.59 Å². The molecule has 2 amide bonds. The SMILES string of the molecule is CNC(=O)C1CCCCN1C(=O)C1CNCC1C. The number of likely N-dealkylation sites (tertiary alicyclic amines) is 1. The van der Waals surface area contributed by atoms with Gasteiger partial charge in [-0.25, -0.2) is 0 Å². The highest BCUT2D eigenvalue weighted by Crippen LogP contribution is 2.24. The summed E-state index contributed by atoms with van der Waals surface area (Å²) < 4.78 is 0. The van der Waals surface area contributed by atoms with Crippen molar-refractivity contribution in [3.8, 4) is 0 Å². The van der Waals surface area contributed by atoms with Gasteiger partial charge in [-0.05, 0) is 31.7 Å². The average Bonchev–Trinajstić information content (AvgIpc) is 2.83. The topological polar surface area (TPSA) is 61.4 Å². The van der Waals surface area contributed by atoms with Gasteiger partial charge in [0.05, 0.1) is 5.92 Å². The lowest BCUT2D eigenvalue weighted by Crippen LogP contribution is -2.53.